The second-order valence-corrected chi connectivity index (χ2v) is 7.47. The summed E-state index contributed by atoms with van der Waals surface area (Å²) in [5.41, 5.74) is 4.12. The molecule has 0 aliphatic carbocycles. The van der Waals surface area contributed by atoms with E-state index in [4.69, 9.17) is 5.14 Å². The third-order valence-corrected chi connectivity index (χ3v) is 4.99. The van der Waals surface area contributed by atoms with Crippen molar-refractivity contribution in [2.24, 2.45) is 5.14 Å². The van der Waals surface area contributed by atoms with Crippen LogP contribution in [0.4, 0.5) is 0 Å². The van der Waals surface area contributed by atoms with Crippen molar-refractivity contribution in [3.63, 3.8) is 0 Å². The zero-order chi connectivity index (χ0) is 18.3. The maximum Gasteiger partial charge on any atom is 0.238 e. The Hall–Kier alpha value is -3.10. The van der Waals surface area contributed by atoms with Crippen molar-refractivity contribution in [3.8, 4) is 17.1 Å². The van der Waals surface area contributed by atoms with Crippen LogP contribution in [0.5, 0.6) is 0 Å². The average molecular weight is 365 g/mol. The lowest BCUT2D eigenvalue weighted by Gasteiger charge is -2.09. The Morgan fingerprint density at radius 3 is 2.35 bits per heavy atom. The molecule has 8 heteroatoms. The molecule has 26 heavy (non-hydrogen) atoms. The molecule has 0 fully saturated rings. The number of primary sulfonamides is 1. The van der Waals surface area contributed by atoms with Crippen LogP contribution in [0.1, 0.15) is 5.56 Å². The molecule has 0 atom stereocenters. The van der Waals surface area contributed by atoms with Gasteiger partial charge >= 0.3 is 0 Å². The smallest absolute Gasteiger partial charge is 0.238 e. The molecule has 2 aromatic carbocycles. The highest BCUT2D eigenvalue weighted by molar-refractivity contribution is 7.89. The topological polar surface area (TPSA) is 104 Å². The molecular weight excluding hydrogens is 350 g/mol. The van der Waals surface area contributed by atoms with Crippen molar-refractivity contribution >= 4 is 21.2 Å². The van der Waals surface area contributed by atoms with E-state index in [1.165, 1.54) is 18.5 Å². The highest BCUT2D eigenvalue weighted by atomic mass is 32.2. The van der Waals surface area contributed by atoms with Crippen molar-refractivity contribution in [2.75, 3.05) is 0 Å². The molecule has 0 amide bonds. The number of nitrogens with two attached hydrogens (primary N) is 1. The quantitative estimate of drug-likeness (QED) is 0.600. The zero-order valence-electron chi connectivity index (χ0n) is 13.9. The molecular formula is C18H15N5O2S. The van der Waals surface area contributed by atoms with Gasteiger partial charge in [-0.3, -0.25) is 4.57 Å². The summed E-state index contributed by atoms with van der Waals surface area (Å²) in [4.78, 5) is 13.1. The Morgan fingerprint density at radius 1 is 1.00 bits per heavy atom. The second-order valence-electron chi connectivity index (χ2n) is 5.91. The van der Waals surface area contributed by atoms with Crippen LogP contribution < -0.4 is 5.14 Å². The third kappa shape index (κ3) is 2.85. The number of aromatic nitrogens is 4. The Morgan fingerprint density at radius 2 is 1.69 bits per heavy atom. The summed E-state index contributed by atoms with van der Waals surface area (Å²) in [6.07, 6.45) is 3.12. The van der Waals surface area contributed by atoms with Gasteiger partial charge in [0.25, 0.3) is 0 Å². The van der Waals surface area contributed by atoms with Gasteiger partial charge in [-0.15, -0.1) is 0 Å². The number of hydrogen-bond acceptors (Lipinski definition) is 5. The van der Waals surface area contributed by atoms with Gasteiger partial charge in [0.1, 0.15) is 17.7 Å². The van der Waals surface area contributed by atoms with Gasteiger partial charge in [-0.25, -0.2) is 28.5 Å². The van der Waals surface area contributed by atoms with Gasteiger partial charge in [-0.2, -0.15) is 0 Å². The molecule has 2 N–H and O–H groups in total. The molecule has 4 rings (SSSR count). The van der Waals surface area contributed by atoms with E-state index in [1.807, 2.05) is 35.8 Å². The van der Waals surface area contributed by atoms with E-state index in [0.29, 0.717) is 17.0 Å². The maximum atomic E-state index is 11.5. The first kappa shape index (κ1) is 16.4. The molecule has 0 aliphatic heterocycles. The van der Waals surface area contributed by atoms with Crippen molar-refractivity contribution in [3.05, 3.63) is 66.6 Å². The largest absolute Gasteiger partial charge is 0.277 e. The maximum absolute atomic E-state index is 11.5. The molecule has 0 saturated carbocycles. The Kier molecular flexibility index (Phi) is 3.78. The predicted molar refractivity (Wildman–Crippen MR) is 98.2 cm³/mol. The van der Waals surface area contributed by atoms with Crippen LogP contribution in [-0.2, 0) is 10.0 Å². The van der Waals surface area contributed by atoms with Crippen LogP contribution in [0.25, 0.3) is 28.2 Å². The first-order chi connectivity index (χ1) is 12.4. The Bertz CT molecular complexity index is 1200. The number of benzene rings is 2. The lowest BCUT2D eigenvalue weighted by Crippen LogP contribution is -2.11. The lowest BCUT2D eigenvalue weighted by atomic mass is 10.2. The predicted octanol–water partition coefficient (Wildman–Crippen LogP) is 2.44. The van der Waals surface area contributed by atoms with Gasteiger partial charge in [-0.05, 0) is 43.3 Å². The number of rotatable bonds is 3. The minimum Gasteiger partial charge on any atom is -0.277 e. The Balaban J connectivity index is 1.95. The molecule has 2 aromatic heterocycles. The SMILES string of the molecule is Cc1ccc(-n2c(-c3ccc(S(N)(=O)=O)cc3)nc3cncnc32)cc1. The van der Waals surface area contributed by atoms with Gasteiger partial charge in [-0.1, -0.05) is 17.7 Å². The molecule has 0 bridgehead atoms. The van der Waals surface area contributed by atoms with E-state index >= 15 is 0 Å². The number of aryl methyl sites for hydroxylation is 1. The summed E-state index contributed by atoms with van der Waals surface area (Å²) in [6.45, 7) is 2.02. The molecule has 2 heterocycles. The average Bonchev–Trinajstić information content (AvgIpc) is 3.01. The Labute approximate surface area is 150 Å². The van der Waals surface area contributed by atoms with E-state index in [-0.39, 0.29) is 4.90 Å². The number of nitrogens with zero attached hydrogens (tertiary/aromatic N) is 4. The summed E-state index contributed by atoms with van der Waals surface area (Å²) < 4.78 is 24.9. The van der Waals surface area contributed by atoms with Crippen LogP contribution in [-0.4, -0.2) is 27.9 Å². The van der Waals surface area contributed by atoms with Crippen molar-refractivity contribution in [2.45, 2.75) is 11.8 Å². The second kappa shape index (κ2) is 6.01. The van der Waals surface area contributed by atoms with Crippen LogP contribution in [0.15, 0.2) is 66.0 Å². The molecule has 4 aromatic rings. The fourth-order valence-electron chi connectivity index (χ4n) is 2.76. The molecule has 0 aliphatic rings. The fraction of sp³-hybridized carbons (Fsp3) is 0.0556. The third-order valence-electron chi connectivity index (χ3n) is 4.06. The van der Waals surface area contributed by atoms with E-state index in [1.54, 1.807) is 18.3 Å². The van der Waals surface area contributed by atoms with Gasteiger partial charge in [0.2, 0.25) is 10.0 Å². The normalized spacial score (nSPS) is 11.8. The molecule has 0 unspecified atom stereocenters. The van der Waals surface area contributed by atoms with Crippen molar-refractivity contribution in [1.82, 2.24) is 19.5 Å². The number of imidazole rings is 1. The summed E-state index contributed by atoms with van der Waals surface area (Å²) >= 11 is 0. The molecule has 7 nitrogen and oxygen atoms in total. The summed E-state index contributed by atoms with van der Waals surface area (Å²) in [5.74, 6) is 0.644. The molecule has 0 radical (unpaired) electrons. The summed E-state index contributed by atoms with van der Waals surface area (Å²) in [7, 11) is -3.74. The zero-order valence-corrected chi connectivity index (χ0v) is 14.7. The molecule has 0 saturated heterocycles. The van der Waals surface area contributed by atoms with Crippen molar-refractivity contribution in [1.29, 1.82) is 0 Å². The molecule has 130 valence electrons. The van der Waals surface area contributed by atoms with Gasteiger partial charge in [0.15, 0.2) is 5.65 Å². The van der Waals surface area contributed by atoms with E-state index in [2.05, 4.69) is 15.0 Å². The number of sulfonamides is 1. The van der Waals surface area contributed by atoms with Crippen LogP contribution >= 0.6 is 0 Å². The first-order valence-electron chi connectivity index (χ1n) is 7.82. The fourth-order valence-corrected chi connectivity index (χ4v) is 3.27. The van der Waals surface area contributed by atoms with Crippen LogP contribution in [0.2, 0.25) is 0 Å². The highest BCUT2D eigenvalue weighted by Gasteiger charge is 2.16. The minimum absolute atomic E-state index is 0.0547. The monoisotopic (exact) mass is 365 g/mol. The standard InChI is InChI=1S/C18H15N5O2S/c1-12-2-6-14(7-3-12)23-17(22-16-10-20-11-21-18(16)23)13-4-8-15(9-5-13)26(19,24)25/h2-11H,1H3,(H2,19,24,25). The van der Waals surface area contributed by atoms with Gasteiger partial charge in [0, 0.05) is 11.3 Å². The lowest BCUT2D eigenvalue weighted by molar-refractivity contribution is 0.598. The van der Waals surface area contributed by atoms with Crippen molar-refractivity contribution < 1.29 is 8.42 Å². The van der Waals surface area contributed by atoms with Crippen LogP contribution in [0, 0.1) is 6.92 Å². The van der Waals surface area contributed by atoms with E-state index < -0.39 is 10.0 Å². The first-order valence-corrected chi connectivity index (χ1v) is 9.37. The summed E-state index contributed by atoms with van der Waals surface area (Å²) in [6, 6.07) is 14.3. The van der Waals surface area contributed by atoms with Crippen LogP contribution in [0.3, 0.4) is 0 Å². The highest BCUT2D eigenvalue weighted by Crippen LogP contribution is 2.28. The summed E-state index contributed by atoms with van der Waals surface area (Å²) in [5, 5.41) is 5.18. The van der Waals surface area contributed by atoms with Gasteiger partial charge in [0.05, 0.1) is 11.1 Å². The number of hydrogen-bond donors (Lipinski definition) is 1. The van der Waals surface area contributed by atoms with E-state index in [0.717, 1.165) is 16.8 Å². The van der Waals surface area contributed by atoms with E-state index in [9.17, 15) is 8.42 Å². The van der Waals surface area contributed by atoms with Gasteiger partial charge < -0.3 is 0 Å². The minimum atomic E-state index is -3.74. The molecule has 0 spiro atoms. The number of fused-ring (bicyclic) bond motifs is 1.